The van der Waals surface area contributed by atoms with Gasteiger partial charge in [-0.15, -0.1) is 11.3 Å². The van der Waals surface area contributed by atoms with Crippen LogP contribution in [0.4, 0.5) is 0 Å². The second-order valence-corrected chi connectivity index (χ2v) is 5.91. The van der Waals surface area contributed by atoms with Crippen molar-refractivity contribution in [2.45, 2.75) is 13.0 Å². The first-order valence-electron chi connectivity index (χ1n) is 7.33. The van der Waals surface area contributed by atoms with Crippen LogP contribution < -0.4 is 14.8 Å². The quantitative estimate of drug-likeness (QED) is 0.742. The summed E-state index contributed by atoms with van der Waals surface area (Å²) < 4.78 is 15.2. The van der Waals surface area contributed by atoms with Crippen LogP contribution in [0.25, 0.3) is 0 Å². The van der Waals surface area contributed by atoms with Gasteiger partial charge in [0.1, 0.15) is 11.5 Å². The Kier molecular flexibility index (Phi) is 6.62. The monoisotopic (exact) mass is 349 g/mol. The normalized spacial score (nSPS) is 11.4. The highest BCUT2D eigenvalue weighted by molar-refractivity contribution is 7.10. The molecule has 6 nitrogen and oxygen atoms in total. The van der Waals surface area contributed by atoms with Crippen LogP contribution in [0.2, 0.25) is 0 Å². The first kappa shape index (κ1) is 17.8. The topological polar surface area (TPSA) is 73.9 Å². The number of ether oxygens (including phenoxy) is 3. The highest BCUT2D eigenvalue weighted by atomic mass is 32.1. The number of nitrogens with one attached hydrogen (secondary N) is 1. The molecule has 2 rings (SSSR count). The zero-order valence-corrected chi connectivity index (χ0v) is 14.3. The van der Waals surface area contributed by atoms with E-state index in [0.717, 1.165) is 4.88 Å². The molecule has 0 bridgehead atoms. The molecule has 1 atom stereocenters. The molecule has 128 valence electrons. The van der Waals surface area contributed by atoms with Gasteiger partial charge in [-0.1, -0.05) is 6.07 Å². The van der Waals surface area contributed by atoms with Crippen LogP contribution in [0.5, 0.6) is 11.5 Å². The van der Waals surface area contributed by atoms with Crippen LogP contribution in [0.15, 0.2) is 41.8 Å². The molecular weight excluding hydrogens is 330 g/mol. The lowest BCUT2D eigenvalue weighted by Crippen LogP contribution is -2.31. The number of amides is 1. The maximum atomic E-state index is 11.8. The van der Waals surface area contributed by atoms with Crippen molar-refractivity contribution in [3.05, 3.63) is 46.7 Å². The van der Waals surface area contributed by atoms with E-state index in [9.17, 15) is 9.59 Å². The second kappa shape index (κ2) is 8.93. The molecule has 0 radical (unpaired) electrons. The summed E-state index contributed by atoms with van der Waals surface area (Å²) in [6.45, 7) is 1.28. The van der Waals surface area contributed by atoms with Gasteiger partial charge >= 0.3 is 5.97 Å². The van der Waals surface area contributed by atoms with Crippen LogP contribution in [0.1, 0.15) is 17.8 Å². The van der Waals surface area contributed by atoms with Crippen LogP contribution in [0, 0.1) is 0 Å². The lowest BCUT2D eigenvalue weighted by molar-refractivity contribution is -0.150. The van der Waals surface area contributed by atoms with Crippen molar-refractivity contribution >= 4 is 23.2 Å². The minimum atomic E-state index is -0.607. The van der Waals surface area contributed by atoms with Crippen molar-refractivity contribution in [3.63, 3.8) is 0 Å². The Balaban J connectivity index is 1.67. The molecule has 0 saturated heterocycles. The third-order valence-corrected chi connectivity index (χ3v) is 4.18. The van der Waals surface area contributed by atoms with Gasteiger partial charge in [-0.05, 0) is 42.6 Å². The number of hydrogen-bond acceptors (Lipinski definition) is 6. The van der Waals surface area contributed by atoms with Crippen molar-refractivity contribution in [3.8, 4) is 11.5 Å². The zero-order chi connectivity index (χ0) is 17.4. The Morgan fingerprint density at radius 2 is 1.83 bits per heavy atom. The standard InChI is InChI=1S/C17H19NO5S/c1-12(15-4-3-9-24-15)18-16(19)10-23-17(20)11-22-14-7-5-13(21-2)6-8-14/h3-9,12H,10-11H2,1-2H3,(H,18,19)/t12-/m1/s1. The van der Waals surface area contributed by atoms with Crippen molar-refractivity contribution in [2.24, 2.45) is 0 Å². The van der Waals surface area contributed by atoms with E-state index in [2.05, 4.69) is 5.32 Å². The predicted octanol–water partition coefficient (Wildman–Crippen LogP) is 2.56. The molecule has 1 amide bonds. The molecular formula is C17H19NO5S. The second-order valence-electron chi connectivity index (χ2n) is 4.93. The number of carbonyl (C=O) groups excluding carboxylic acids is 2. The summed E-state index contributed by atoms with van der Waals surface area (Å²) >= 11 is 1.55. The van der Waals surface area contributed by atoms with E-state index < -0.39 is 5.97 Å². The van der Waals surface area contributed by atoms with Crippen LogP contribution in [-0.2, 0) is 14.3 Å². The number of hydrogen-bond donors (Lipinski definition) is 1. The van der Waals surface area contributed by atoms with Gasteiger partial charge in [-0.2, -0.15) is 0 Å². The van der Waals surface area contributed by atoms with Crippen molar-refractivity contribution < 1.29 is 23.8 Å². The Bertz CT molecular complexity index is 654. The van der Waals surface area contributed by atoms with Gasteiger partial charge in [0.05, 0.1) is 13.2 Å². The third-order valence-electron chi connectivity index (χ3n) is 3.13. The summed E-state index contributed by atoms with van der Waals surface area (Å²) in [5.41, 5.74) is 0. The average Bonchev–Trinajstić information content (AvgIpc) is 3.13. The summed E-state index contributed by atoms with van der Waals surface area (Å²) in [5.74, 6) is 0.253. The molecule has 1 heterocycles. The first-order valence-corrected chi connectivity index (χ1v) is 8.21. The zero-order valence-electron chi connectivity index (χ0n) is 13.5. The van der Waals surface area contributed by atoms with E-state index in [1.165, 1.54) is 0 Å². The fourth-order valence-electron chi connectivity index (χ4n) is 1.89. The van der Waals surface area contributed by atoms with Gasteiger partial charge in [0.2, 0.25) is 0 Å². The van der Waals surface area contributed by atoms with Gasteiger partial charge in [-0.3, -0.25) is 4.79 Å². The molecule has 0 aliphatic carbocycles. The predicted molar refractivity (Wildman–Crippen MR) is 90.3 cm³/mol. The number of methoxy groups -OCH3 is 1. The molecule has 2 aromatic rings. The van der Waals surface area contributed by atoms with E-state index in [1.54, 1.807) is 42.7 Å². The Morgan fingerprint density at radius 3 is 2.46 bits per heavy atom. The summed E-state index contributed by atoms with van der Waals surface area (Å²) in [4.78, 5) is 24.4. The number of rotatable bonds is 8. The summed E-state index contributed by atoms with van der Waals surface area (Å²) in [7, 11) is 1.57. The Morgan fingerprint density at radius 1 is 1.12 bits per heavy atom. The maximum Gasteiger partial charge on any atom is 0.344 e. The Labute approximate surface area is 144 Å². The Hall–Kier alpha value is -2.54. The van der Waals surface area contributed by atoms with Crippen molar-refractivity contribution in [1.82, 2.24) is 5.32 Å². The smallest absolute Gasteiger partial charge is 0.344 e. The highest BCUT2D eigenvalue weighted by Gasteiger charge is 2.12. The molecule has 1 aromatic heterocycles. The van der Waals surface area contributed by atoms with E-state index in [0.29, 0.717) is 11.5 Å². The van der Waals surface area contributed by atoms with Crippen LogP contribution in [-0.4, -0.2) is 32.2 Å². The summed E-state index contributed by atoms with van der Waals surface area (Å²) in [6.07, 6.45) is 0. The van der Waals surface area contributed by atoms with Gasteiger partial charge in [0.25, 0.3) is 5.91 Å². The number of benzene rings is 1. The fraction of sp³-hybridized carbons (Fsp3) is 0.294. The first-order chi connectivity index (χ1) is 11.6. The number of thiophene rings is 1. The van der Waals surface area contributed by atoms with Crippen LogP contribution in [0.3, 0.4) is 0 Å². The van der Waals surface area contributed by atoms with Crippen LogP contribution >= 0.6 is 11.3 Å². The molecule has 0 saturated carbocycles. The molecule has 0 spiro atoms. The van der Waals surface area contributed by atoms with Crippen molar-refractivity contribution in [2.75, 3.05) is 20.3 Å². The molecule has 0 fully saturated rings. The van der Waals surface area contributed by atoms with Gasteiger partial charge in [-0.25, -0.2) is 4.79 Å². The van der Waals surface area contributed by atoms with Gasteiger partial charge in [0.15, 0.2) is 13.2 Å². The number of esters is 1. The van der Waals surface area contributed by atoms with Gasteiger partial charge < -0.3 is 19.5 Å². The molecule has 24 heavy (non-hydrogen) atoms. The van der Waals surface area contributed by atoms with E-state index in [1.807, 2.05) is 24.4 Å². The lowest BCUT2D eigenvalue weighted by atomic mass is 10.3. The highest BCUT2D eigenvalue weighted by Crippen LogP contribution is 2.18. The number of carbonyl (C=O) groups is 2. The summed E-state index contributed by atoms with van der Waals surface area (Å²) in [6, 6.07) is 10.5. The van der Waals surface area contributed by atoms with E-state index in [4.69, 9.17) is 14.2 Å². The van der Waals surface area contributed by atoms with E-state index >= 15 is 0 Å². The largest absolute Gasteiger partial charge is 0.497 e. The maximum absolute atomic E-state index is 11.8. The molecule has 0 unspecified atom stereocenters. The van der Waals surface area contributed by atoms with Crippen molar-refractivity contribution in [1.29, 1.82) is 0 Å². The molecule has 1 N–H and O–H groups in total. The molecule has 0 aliphatic rings. The fourth-order valence-corrected chi connectivity index (χ4v) is 2.63. The van der Waals surface area contributed by atoms with E-state index in [-0.39, 0.29) is 25.2 Å². The molecule has 7 heteroatoms. The third kappa shape index (κ3) is 5.58. The molecule has 0 aliphatic heterocycles. The minimum absolute atomic E-state index is 0.119. The lowest BCUT2D eigenvalue weighted by Gasteiger charge is -2.12. The average molecular weight is 349 g/mol. The SMILES string of the molecule is COc1ccc(OCC(=O)OCC(=O)N[C@H](C)c2cccs2)cc1. The summed E-state index contributed by atoms with van der Waals surface area (Å²) in [5, 5.41) is 4.70. The van der Waals surface area contributed by atoms with Gasteiger partial charge in [0, 0.05) is 4.88 Å². The molecule has 1 aromatic carbocycles. The minimum Gasteiger partial charge on any atom is -0.497 e.